The first-order chi connectivity index (χ1) is 9.23. The third kappa shape index (κ3) is 3.59. The van der Waals surface area contributed by atoms with Crippen LogP contribution in [0.1, 0.15) is 13.3 Å². The maximum atomic E-state index is 12.2. The molecule has 1 saturated heterocycles. The van der Waals surface area contributed by atoms with E-state index in [1.54, 1.807) is 6.92 Å². The molecule has 0 radical (unpaired) electrons. The van der Waals surface area contributed by atoms with Gasteiger partial charge in [0.25, 0.3) is 0 Å². The van der Waals surface area contributed by atoms with E-state index in [0.717, 1.165) is 4.90 Å². The van der Waals surface area contributed by atoms with Crippen LogP contribution in [0.15, 0.2) is 0 Å². The molecule has 0 aliphatic carbocycles. The fraction of sp³-hybridized carbons (Fsp3) is 0.636. The highest BCUT2D eigenvalue weighted by atomic mass is 16.4. The summed E-state index contributed by atoms with van der Waals surface area (Å²) >= 11 is 0. The van der Waals surface area contributed by atoms with E-state index in [1.165, 1.54) is 4.90 Å². The molecule has 9 nitrogen and oxygen atoms in total. The van der Waals surface area contributed by atoms with Crippen LogP contribution in [-0.2, 0) is 14.4 Å². The minimum absolute atomic E-state index is 0.241. The summed E-state index contributed by atoms with van der Waals surface area (Å²) < 4.78 is 0. The number of amides is 4. The fourth-order valence-electron chi connectivity index (χ4n) is 2.29. The van der Waals surface area contributed by atoms with Gasteiger partial charge in [-0.3, -0.25) is 14.4 Å². The Bertz CT molecular complexity index is 423. The van der Waals surface area contributed by atoms with Crippen molar-refractivity contribution in [2.24, 2.45) is 17.4 Å². The molecular formula is C11H18N4O5. The van der Waals surface area contributed by atoms with Gasteiger partial charge < -0.3 is 26.4 Å². The summed E-state index contributed by atoms with van der Waals surface area (Å²) in [6.07, 6.45) is 0.323. The second-order valence-electron chi connectivity index (χ2n) is 4.74. The quantitative estimate of drug-likeness (QED) is 0.544. The van der Waals surface area contributed by atoms with Crippen molar-refractivity contribution in [2.45, 2.75) is 19.4 Å². The lowest BCUT2D eigenvalue weighted by Crippen LogP contribution is -2.51. The summed E-state index contributed by atoms with van der Waals surface area (Å²) in [5, 5.41) is 9.01. The number of primary amides is 2. The molecular weight excluding hydrogens is 268 g/mol. The van der Waals surface area contributed by atoms with Crippen LogP contribution in [0.4, 0.5) is 4.79 Å². The third-order valence-corrected chi connectivity index (χ3v) is 3.28. The molecule has 0 spiro atoms. The number of nitrogens with zero attached hydrogens (tertiary/aromatic N) is 2. The molecule has 1 fully saturated rings. The summed E-state index contributed by atoms with van der Waals surface area (Å²) in [6, 6.07) is -1.14. The van der Waals surface area contributed by atoms with Gasteiger partial charge in [-0.15, -0.1) is 0 Å². The number of carbonyl (C=O) groups excluding carboxylic acids is 3. The topological polar surface area (TPSA) is 147 Å². The smallest absolute Gasteiger partial charge is 0.321 e. The van der Waals surface area contributed by atoms with Crippen molar-refractivity contribution in [2.75, 3.05) is 19.6 Å². The molecule has 2 unspecified atom stereocenters. The Morgan fingerprint density at radius 1 is 1.20 bits per heavy atom. The van der Waals surface area contributed by atoms with E-state index in [9.17, 15) is 19.2 Å². The number of carbonyl (C=O) groups is 4. The van der Waals surface area contributed by atoms with Gasteiger partial charge in [-0.1, -0.05) is 0 Å². The molecule has 112 valence electrons. The van der Waals surface area contributed by atoms with Gasteiger partial charge in [-0.05, 0) is 13.3 Å². The summed E-state index contributed by atoms with van der Waals surface area (Å²) in [7, 11) is 0. The van der Waals surface area contributed by atoms with Crippen molar-refractivity contribution < 1.29 is 24.3 Å². The number of likely N-dealkylation sites (tertiary alicyclic amines) is 1. The second kappa shape index (κ2) is 6.22. The zero-order chi connectivity index (χ0) is 15.4. The van der Waals surface area contributed by atoms with Crippen LogP contribution >= 0.6 is 0 Å². The number of hydrogen-bond acceptors (Lipinski definition) is 4. The van der Waals surface area contributed by atoms with Crippen LogP contribution in [0.25, 0.3) is 0 Å². The minimum Gasteiger partial charge on any atom is -0.481 e. The number of rotatable bonds is 5. The molecule has 1 aliphatic rings. The first-order valence-corrected chi connectivity index (χ1v) is 6.09. The minimum atomic E-state index is -0.982. The number of carboxylic acid groups (broad SMARTS) is 1. The Balaban J connectivity index is 2.82. The average Bonchev–Trinajstić information content (AvgIpc) is 2.68. The molecule has 4 amide bonds. The molecule has 9 heteroatoms. The van der Waals surface area contributed by atoms with Crippen LogP contribution in [-0.4, -0.2) is 64.4 Å². The maximum absolute atomic E-state index is 12.2. The maximum Gasteiger partial charge on any atom is 0.321 e. The number of carboxylic acids is 1. The van der Waals surface area contributed by atoms with Crippen molar-refractivity contribution in [1.82, 2.24) is 9.80 Å². The van der Waals surface area contributed by atoms with E-state index < -0.39 is 48.9 Å². The largest absolute Gasteiger partial charge is 0.481 e. The van der Waals surface area contributed by atoms with Gasteiger partial charge in [-0.2, -0.15) is 0 Å². The summed E-state index contributed by atoms with van der Waals surface area (Å²) in [6.45, 7) is 0.965. The number of urea groups is 1. The summed E-state index contributed by atoms with van der Waals surface area (Å²) in [5.74, 6) is -3.20. The standard InChI is InChI=1S/C11H18N4O5/c1-6-7(10(18)19)2-3-15(6)11(20)14(4-8(12)16)5-9(13)17/h6-7H,2-5H2,1H3,(H2,12,16)(H2,13,17)(H,18,19). The molecule has 0 aromatic carbocycles. The molecule has 0 aromatic heterocycles. The van der Waals surface area contributed by atoms with E-state index in [4.69, 9.17) is 16.6 Å². The van der Waals surface area contributed by atoms with Crippen LogP contribution in [0.5, 0.6) is 0 Å². The van der Waals surface area contributed by atoms with Crippen LogP contribution in [0.3, 0.4) is 0 Å². The molecule has 1 rings (SSSR count). The first-order valence-electron chi connectivity index (χ1n) is 6.09. The fourth-order valence-corrected chi connectivity index (χ4v) is 2.29. The van der Waals surface area contributed by atoms with E-state index in [2.05, 4.69) is 0 Å². The zero-order valence-corrected chi connectivity index (χ0v) is 11.1. The Hall–Kier alpha value is -2.32. The highest BCUT2D eigenvalue weighted by Gasteiger charge is 2.40. The molecule has 2 atom stereocenters. The molecule has 1 aliphatic heterocycles. The molecule has 5 N–H and O–H groups in total. The Morgan fingerprint density at radius 3 is 2.05 bits per heavy atom. The molecule has 1 heterocycles. The molecule has 0 saturated carbocycles. The van der Waals surface area contributed by atoms with Crippen LogP contribution in [0.2, 0.25) is 0 Å². The van der Waals surface area contributed by atoms with Crippen molar-refractivity contribution in [3.05, 3.63) is 0 Å². The molecule has 0 bridgehead atoms. The lowest BCUT2D eigenvalue weighted by Gasteiger charge is -2.29. The number of aliphatic carboxylic acids is 1. The second-order valence-corrected chi connectivity index (χ2v) is 4.74. The van der Waals surface area contributed by atoms with Gasteiger partial charge in [0.15, 0.2) is 0 Å². The van der Waals surface area contributed by atoms with E-state index in [-0.39, 0.29) is 6.54 Å². The molecule has 20 heavy (non-hydrogen) atoms. The van der Waals surface area contributed by atoms with Gasteiger partial charge in [0, 0.05) is 12.6 Å². The Morgan fingerprint density at radius 2 is 1.70 bits per heavy atom. The highest BCUT2D eigenvalue weighted by molar-refractivity contribution is 5.88. The molecule has 0 aromatic rings. The van der Waals surface area contributed by atoms with Crippen LogP contribution in [0, 0.1) is 5.92 Å². The third-order valence-electron chi connectivity index (χ3n) is 3.28. The average molecular weight is 286 g/mol. The van der Waals surface area contributed by atoms with Gasteiger partial charge in [0.05, 0.1) is 5.92 Å². The van der Waals surface area contributed by atoms with Gasteiger partial charge in [0.2, 0.25) is 11.8 Å². The first kappa shape index (κ1) is 15.7. The van der Waals surface area contributed by atoms with E-state index >= 15 is 0 Å². The number of nitrogens with two attached hydrogens (primary N) is 2. The zero-order valence-electron chi connectivity index (χ0n) is 11.1. The summed E-state index contributed by atoms with van der Waals surface area (Å²) in [5.41, 5.74) is 10.0. The highest BCUT2D eigenvalue weighted by Crippen LogP contribution is 2.25. The predicted molar refractivity (Wildman–Crippen MR) is 67.3 cm³/mol. The normalized spacial score (nSPS) is 21.6. The van der Waals surface area contributed by atoms with Gasteiger partial charge in [-0.25, -0.2) is 4.79 Å². The SMILES string of the molecule is CC1C(C(=O)O)CCN1C(=O)N(CC(N)=O)CC(N)=O. The van der Waals surface area contributed by atoms with Crippen molar-refractivity contribution >= 4 is 23.8 Å². The van der Waals surface area contributed by atoms with Crippen LogP contribution < -0.4 is 11.5 Å². The predicted octanol–water partition coefficient (Wildman–Crippen LogP) is -1.83. The Kier molecular flexibility index (Phi) is 4.89. The lowest BCUT2D eigenvalue weighted by molar-refractivity contribution is -0.142. The van der Waals surface area contributed by atoms with Gasteiger partial charge >= 0.3 is 12.0 Å². The van der Waals surface area contributed by atoms with Gasteiger partial charge in [0.1, 0.15) is 13.1 Å². The lowest BCUT2D eigenvalue weighted by atomic mass is 10.0. The van der Waals surface area contributed by atoms with E-state index in [0.29, 0.717) is 6.42 Å². The number of hydrogen-bond donors (Lipinski definition) is 3. The van der Waals surface area contributed by atoms with Crippen molar-refractivity contribution in [1.29, 1.82) is 0 Å². The van der Waals surface area contributed by atoms with Crippen molar-refractivity contribution in [3.8, 4) is 0 Å². The Labute approximate surface area is 115 Å². The van der Waals surface area contributed by atoms with E-state index in [1.807, 2.05) is 0 Å². The monoisotopic (exact) mass is 286 g/mol. The van der Waals surface area contributed by atoms with Crippen molar-refractivity contribution in [3.63, 3.8) is 0 Å². The summed E-state index contributed by atoms with van der Waals surface area (Å²) in [4.78, 5) is 47.3.